The Hall–Kier alpha value is -2.92. The highest BCUT2D eigenvalue weighted by Crippen LogP contribution is 2.34. The summed E-state index contributed by atoms with van der Waals surface area (Å²) in [6.45, 7) is 6.06. The van der Waals surface area contributed by atoms with Crippen molar-refractivity contribution in [1.82, 2.24) is 15.3 Å². The minimum Gasteiger partial charge on any atom is -0.452 e. The average molecular weight is 374 g/mol. The summed E-state index contributed by atoms with van der Waals surface area (Å²) in [5.41, 5.74) is 4.06. The lowest BCUT2D eigenvalue weighted by Gasteiger charge is -2.21. The maximum Gasteiger partial charge on any atom is 0.198 e. The molecule has 0 bridgehead atoms. The Labute approximate surface area is 165 Å². The molecule has 0 aliphatic carbocycles. The molecule has 0 atom stereocenters. The number of nitrogens with zero attached hydrogens (tertiary/aromatic N) is 3. The van der Waals surface area contributed by atoms with Crippen LogP contribution in [0.25, 0.3) is 33.5 Å². The van der Waals surface area contributed by atoms with Crippen LogP contribution < -0.4 is 10.2 Å². The molecule has 4 aromatic rings. The standard InChI is InChI=1S/C23H26N4O/c1-15-9-7-11-18-20(15)25-22(26-23(18)27(4)14-8-13-24-3)21-16(2)17-10-5-6-12-19(17)28-21/h5-7,9-12,24H,8,13-14H2,1-4H3. The molecular weight excluding hydrogens is 348 g/mol. The van der Waals surface area contributed by atoms with E-state index >= 15 is 0 Å². The largest absolute Gasteiger partial charge is 0.452 e. The molecule has 4 rings (SSSR count). The molecule has 0 radical (unpaired) electrons. The quantitative estimate of drug-likeness (QED) is 0.496. The molecule has 2 aromatic heterocycles. The molecule has 0 unspecified atom stereocenters. The van der Waals surface area contributed by atoms with E-state index in [0.717, 1.165) is 64.1 Å². The van der Waals surface area contributed by atoms with E-state index in [9.17, 15) is 0 Å². The van der Waals surface area contributed by atoms with Gasteiger partial charge in [0.1, 0.15) is 11.4 Å². The first kappa shape index (κ1) is 18.4. The normalized spacial score (nSPS) is 11.4. The van der Waals surface area contributed by atoms with E-state index in [1.165, 1.54) is 0 Å². The molecule has 0 aliphatic rings. The van der Waals surface area contributed by atoms with Crippen molar-refractivity contribution in [2.45, 2.75) is 20.3 Å². The highest BCUT2D eigenvalue weighted by Gasteiger charge is 2.19. The Morgan fingerprint density at radius 2 is 1.79 bits per heavy atom. The molecule has 5 heteroatoms. The Bertz CT molecular complexity index is 1130. The third-order valence-corrected chi connectivity index (χ3v) is 5.24. The number of nitrogens with one attached hydrogen (secondary N) is 1. The van der Waals surface area contributed by atoms with E-state index < -0.39 is 0 Å². The van der Waals surface area contributed by atoms with Gasteiger partial charge in [-0.1, -0.05) is 30.3 Å². The first-order valence-corrected chi connectivity index (χ1v) is 9.71. The molecule has 0 fully saturated rings. The molecule has 0 amide bonds. The molecule has 2 aromatic carbocycles. The van der Waals surface area contributed by atoms with Gasteiger partial charge >= 0.3 is 0 Å². The van der Waals surface area contributed by atoms with Gasteiger partial charge in [-0.15, -0.1) is 0 Å². The van der Waals surface area contributed by atoms with Crippen LogP contribution in [0.3, 0.4) is 0 Å². The van der Waals surface area contributed by atoms with Gasteiger partial charge < -0.3 is 14.6 Å². The van der Waals surface area contributed by atoms with Gasteiger partial charge in [0.25, 0.3) is 0 Å². The molecule has 0 saturated carbocycles. The zero-order valence-corrected chi connectivity index (χ0v) is 16.9. The molecule has 28 heavy (non-hydrogen) atoms. The lowest BCUT2D eigenvalue weighted by Crippen LogP contribution is -2.23. The van der Waals surface area contributed by atoms with Crippen LogP contribution in [0.1, 0.15) is 17.5 Å². The van der Waals surface area contributed by atoms with Crippen LogP contribution in [0.2, 0.25) is 0 Å². The van der Waals surface area contributed by atoms with E-state index in [1.807, 2.05) is 25.2 Å². The second-order valence-electron chi connectivity index (χ2n) is 7.27. The molecule has 2 heterocycles. The molecule has 1 N–H and O–H groups in total. The van der Waals surface area contributed by atoms with Gasteiger partial charge in [-0.05, 0) is 51.6 Å². The Balaban J connectivity index is 1.89. The summed E-state index contributed by atoms with van der Waals surface area (Å²) in [6, 6.07) is 14.3. The van der Waals surface area contributed by atoms with Gasteiger partial charge in [-0.3, -0.25) is 0 Å². The zero-order chi connectivity index (χ0) is 19.7. The van der Waals surface area contributed by atoms with Gasteiger partial charge in [0.05, 0.1) is 5.52 Å². The van der Waals surface area contributed by atoms with Crippen molar-refractivity contribution < 1.29 is 4.42 Å². The smallest absolute Gasteiger partial charge is 0.198 e. The minimum absolute atomic E-state index is 0.644. The summed E-state index contributed by atoms with van der Waals surface area (Å²) < 4.78 is 6.15. The number of benzene rings is 2. The Morgan fingerprint density at radius 1 is 1.00 bits per heavy atom. The number of anilines is 1. The number of hydrogen-bond acceptors (Lipinski definition) is 5. The Kier molecular flexibility index (Phi) is 5.01. The summed E-state index contributed by atoms with van der Waals surface area (Å²) >= 11 is 0. The van der Waals surface area contributed by atoms with Gasteiger partial charge in [-0.2, -0.15) is 0 Å². The summed E-state index contributed by atoms with van der Waals surface area (Å²) in [5.74, 6) is 2.34. The SMILES string of the molecule is CNCCCN(C)c1nc(-c2oc3ccccc3c2C)nc2c(C)cccc12. The van der Waals surface area contributed by atoms with Gasteiger partial charge in [0.2, 0.25) is 0 Å². The van der Waals surface area contributed by atoms with Gasteiger partial charge in [-0.25, -0.2) is 9.97 Å². The van der Waals surface area contributed by atoms with Crippen molar-refractivity contribution in [3.63, 3.8) is 0 Å². The number of furan rings is 1. The fourth-order valence-electron chi connectivity index (χ4n) is 3.66. The average Bonchev–Trinajstić information content (AvgIpc) is 3.05. The van der Waals surface area contributed by atoms with Gasteiger partial charge in [0, 0.05) is 29.9 Å². The van der Waals surface area contributed by atoms with Gasteiger partial charge in [0.15, 0.2) is 11.6 Å². The molecule has 0 spiro atoms. The highest BCUT2D eigenvalue weighted by molar-refractivity contribution is 5.94. The predicted molar refractivity (Wildman–Crippen MR) is 116 cm³/mol. The Morgan fingerprint density at radius 3 is 2.57 bits per heavy atom. The summed E-state index contributed by atoms with van der Waals surface area (Å²) in [7, 11) is 4.07. The summed E-state index contributed by atoms with van der Waals surface area (Å²) in [6.07, 6.45) is 1.04. The lowest BCUT2D eigenvalue weighted by atomic mass is 10.1. The van der Waals surface area contributed by atoms with Crippen LogP contribution in [0.15, 0.2) is 46.9 Å². The first-order chi connectivity index (χ1) is 13.6. The van der Waals surface area contributed by atoms with Crippen LogP contribution in [-0.2, 0) is 0 Å². The molecule has 5 nitrogen and oxygen atoms in total. The second kappa shape index (κ2) is 7.60. The third-order valence-electron chi connectivity index (χ3n) is 5.24. The van der Waals surface area contributed by atoms with Crippen LogP contribution in [0.5, 0.6) is 0 Å². The summed E-state index contributed by atoms with van der Waals surface area (Å²) in [4.78, 5) is 12.1. The number of rotatable bonds is 6. The second-order valence-corrected chi connectivity index (χ2v) is 7.27. The molecule has 0 aliphatic heterocycles. The minimum atomic E-state index is 0.644. The number of para-hydroxylation sites is 2. The predicted octanol–water partition coefficient (Wildman–Crippen LogP) is 4.71. The lowest BCUT2D eigenvalue weighted by molar-refractivity contribution is 0.623. The van der Waals surface area contributed by atoms with Crippen molar-refractivity contribution in [2.75, 3.05) is 32.1 Å². The maximum absolute atomic E-state index is 6.15. The highest BCUT2D eigenvalue weighted by atomic mass is 16.3. The molecular formula is C23H26N4O. The van der Waals surface area contributed by atoms with Crippen molar-refractivity contribution in [3.05, 3.63) is 53.6 Å². The van der Waals surface area contributed by atoms with E-state index in [4.69, 9.17) is 14.4 Å². The fraction of sp³-hybridized carbons (Fsp3) is 0.304. The number of hydrogen-bond donors (Lipinski definition) is 1. The van der Waals surface area contributed by atoms with Crippen molar-refractivity contribution in [1.29, 1.82) is 0 Å². The van der Waals surface area contributed by atoms with Crippen LogP contribution in [-0.4, -0.2) is 37.2 Å². The molecule has 144 valence electrons. The van der Waals surface area contributed by atoms with Crippen LogP contribution in [0, 0.1) is 13.8 Å². The van der Waals surface area contributed by atoms with Crippen molar-refractivity contribution >= 4 is 27.7 Å². The van der Waals surface area contributed by atoms with E-state index in [2.05, 4.69) is 55.4 Å². The number of aryl methyl sites for hydroxylation is 2. The zero-order valence-electron chi connectivity index (χ0n) is 16.9. The first-order valence-electron chi connectivity index (χ1n) is 9.71. The van der Waals surface area contributed by atoms with E-state index in [-0.39, 0.29) is 0 Å². The van der Waals surface area contributed by atoms with Crippen molar-refractivity contribution in [2.24, 2.45) is 0 Å². The van der Waals surface area contributed by atoms with Crippen LogP contribution in [0.4, 0.5) is 5.82 Å². The fourth-order valence-corrected chi connectivity index (χ4v) is 3.66. The molecule has 0 saturated heterocycles. The summed E-state index contributed by atoms with van der Waals surface area (Å²) in [5, 5.41) is 5.39. The van der Waals surface area contributed by atoms with E-state index in [0.29, 0.717) is 5.82 Å². The van der Waals surface area contributed by atoms with E-state index in [1.54, 1.807) is 0 Å². The van der Waals surface area contributed by atoms with Crippen molar-refractivity contribution in [3.8, 4) is 11.6 Å². The number of aromatic nitrogens is 2. The topological polar surface area (TPSA) is 54.2 Å². The van der Waals surface area contributed by atoms with Crippen LogP contribution >= 0.6 is 0 Å². The number of fused-ring (bicyclic) bond motifs is 2. The third kappa shape index (κ3) is 3.22. The monoisotopic (exact) mass is 374 g/mol. The maximum atomic E-state index is 6.15.